The van der Waals surface area contributed by atoms with Crippen molar-refractivity contribution in [1.82, 2.24) is 15.2 Å². The maximum absolute atomic E-state index is 11.3. The highest BCUT2D eigenvalue weighted by molar-refractivity contribution is 5.87. The maximum Gasteiger partial charge on any atom is 0.354 e. The van der Waals surface area contributed by atoms with Crippen molar-refractivity contribution < 1.29 is 9.53 Å². The van der Waals surface area contributed by atoms with Crippen molar-refractivity contribution in [3.05, 3.63) is 23.5 Å². The lowest BCUT2D eigenvalue weighted by Crippen LogP contribution is -2.48. The molecule has 18 heavy (non-hydrogen) atoms. The van der Waals surface area contributed by atoms with Gasteiger partial charge < -0.3 is 15.0 Å². The van der Waals surface area contributed by atoms with Crippen molar-refractivity contribution in [2.45, 2.75) is 19.5 Å². The number of esters is 1. The van der Waals surface area contributed by atoms with E-state index >= 15 is 0 Å². The van der Waals surface area contributed by atoms with Gasteiger partial charge in [0.05, 0.1) is 7.11 Å². The van der Waals surface area contributed by atoms with Crippen molar-refractivity contribution in [3.63, 3.8) is 0 Å². The summed E-state index contributed by atoms with van der Waals surface area (Å²) in [5.74, 6) is -0.315. The van der Waals surface area contributed by atoms with Crippen LogP contribution in [0.2, 0.25) is 0 Å². The number of carbonyl (C=O) groups excluding carboxylic acids is 1. The van der Waals surface area contributed by atoms with E-state index in [0.717, 1.165) is 31.7 Å². The smallest absolute Gasteiger partial charge is 0.354 e. The fraction of sp³-hybridized carbons (Fsp3) is 0.583. The molecule has 1 fully saturated rings. The van der Waals surface area contributed by atoms with Gasteiger partial charge >= 0.3 is 5.97 Å². The molecule has 0 spiro atoms. The van der Waals surface area contributed by atoms with Gasteiger partial charge in [0.25, 0.3) is 0 Å². The normalized spacial score (nSPS) is 20.2. The van der Waals surface area contributed by atoms with Gasteiger partial charge in [-0.25, -0.2) is 4.79 Å². The van der Waals surface area contributed by atoms with Crippen LogP contribution >= 0.6 is 12.4 Å². The third-order valence-corrected chi connectivity index (χ3v) is 3.01. The number of piperazine rings is 1. The van der Waals surface area contributed by atoms with Crippen LogP contribution in [0.1, 0.15) is 23.0 Å². The highest BCUT2D eigenvalue weighted by Gasteiger charge is 2.16. The first-order valence-corrected chi connectivity index (χ1v) is 5.90. The lowest BCUT2D eigenvalue weighted by Gasteiger charge is -2.31. The van der Waals surface area contributed by atoms with Gasteiger partial charge in [-0.1, -0.05) is 0 Å². The molecule has 6 heteroatoms. The number of rotatable bonds is 3. The summed E-state index contributed by atoms with van der Waals surface area (Å²) < 4.78 is 4.66. The Morgan fingerprint density at radius 2 is 2.39 bits per heavy atom. The summed E-state index contributed by atoms with van der Waals surface area (Å²) in [6.45, 7) is 6.17. The highest BCUT2D eigenvalue weighted by Crippen LogP contribution is 2.10. The number of nitrogens with one attached hydrogen (secondary N) is 2. The van der Waals surface area contributed by atoms with E-state index in [1.54, 1.807) is 0 Å². The number of ether oxygens (including phenoxy) is 1. The van der Waals surface area contributed by atoms with Gasteiger partial charge in [-0.15, -0.1) is 12.4 Å². The Balaban J connectivity index is 0.00000162. The van der Waals surface area contributed by atoms with Gasteiger partial charge in [0, 0.05) is 38.4 Å². The lowest BCUT2D eigenvalue weighted by molar-refractivity contribution is 0.0594. The Bertz CT molecular complexity index is 394. The number of halogens is 1. The molecule has 1 aliphatic heterocycles. The van der Waals surface area contributed by atoms with Gasteiger partial charge in [0.1, 0.15) is 5.69 Å². The molecule has 0 saturated carbocycles. The first-order chi connectivity index (χ1) is 8.19. The molecule has 2 rings (SSSR count). The summed E-state index contributed by atoms with van der Waals surface area (Å²) in [5.41, 5.74) is 1.64. The SMILES string of the molecule is COC(=O)c1cc(CN2CCNC(C)C2)c[nH]1.Cl. The Kier molecular flexibility index (Phi) is 5.65. The molecule has 0 bridgehead atoms. The van der Waals surface area contributed by atoms with E-state index in [4.69, 9.17) is 0 Å². The second-order valence-electron chi connectivity index (χ2n) is 4.50. The van der Waals surface area contributed by atoms with Crippen LogP contribution in [0.15, 0.2) is 12.3 Å². The van der Waals surface area contributed by atoms with E-state index < -0.39 is 0 Å². The van der Waals surface area contributed by atoms with Crippen LogP contribution in [0.25, 0.3) is 0 Å². The molecule has 2 N–H and O–H groups in total. The molecule has 2 heterocycles. The number of hydrogen-bond acceptors (Lipinski definition) is 4. The number of H-pyrrole nitrogens is 1. The minimum absolute atomic E-state index is 0. The Morgan fingerprint density at radius 1 is 1.61 bits per heavy atom. The van der Waals surface area contributed by atoms with Crippen LogP contribution in [0.4, 0.5) is 0 Å². The lowest BCUT2D eigenvalue weighted by atomic mass is 10.2. The predicted octanol–water partition coefficient (Wildman–Crippen LogP) is 1.02. The third-order valence-electron chi connectivity index (χ3n) is 3.01. The van der Waals surface area contributed by atoms with Gasteiger partial charge in [0.2, 0.25) is 0 Å². The molecule has 1 aromatic rings. The maximum atomic E-state index is 11.3. The zero-order chi connectivity index (χ0) is 12.3. The van der Waals surface area contributed by atoms with E-state index in [9.17, 15) is 4.79 Å². The van der Waals surface area contributed by atoms with Gasteiger partial charge in [-0.05, 0) is 18.6 Å². The second kappa shape index (κ2) is 6.78. The van der Waals surface area contributed by atoms with Crippen LogP contribution in [0.5, 0.6) is 0 Å². The number of carbonyl (C=O) groups is 1. The van der Waals surface area contributed by atoms with Crippen LogP contribution in [0.3, 0.4) is 0 Å². The zero-order valence-corrected chi connectivity index (χ0v) is 11.5. The fourth-order valence-corrected chi connectivity index (χ4v) is 2.17. The van der Waals surface area contributed by atoms with E-state index in [2.05, 4.69) is 26.9 Å². The van der Waals surface area contributed by atoms with Crippen molar-refractivity contribution in [2.24, 2.45) is 0 Å². The minimum atomic E-state index is -0.315. The quantitative estimate of drug-likeness (QED) is 0.808. The van der Waals surface area contributed by atoms with Gasteiger partial charge in [0.15, 0.2) is 0 Å². The molecule has 0 aliphatic carbocycles. The standard InChI is InChI=1S/C12H19N3O2.ClH/c1-9-7-15(4-3-13-9)8-10-5-11(14-6-10)12(16)17-2;/h5-6,9,13-14H,3-4,7-8H2,1-2H3;1H. The summed E-state index contributed by atoms with van der Waals surface area (Å²) in [7, 11) is 1.39. The summed E-state index contributed by atoms with van der Waals surface area (Å²) in [5, 5.41) is 3.41. The van der Waals surface area contributed by atoms with Crippen LogP contribution in [-0.2, 0) is 11.3 Å². The molecule has 5 nitrogen and oxygen atoms in total. The molecule has 1 aliphatic rings. The molecule has 1 aromatic heterocycles. The van der Waals surface area contributed by atoms with E-state index in [1.807, 2.05) is 12.3 Å². The first kappa shape index (κ1) is 15.0. The molecular weight excluding hydrogens is 254 g/mol. The van der Waals surface area contributed by atoms with Crippen molar-refractivity contribution in [3.8, 4) is 0 Å². The molecule has 1 saturated heterocycles. The number of methoxy groups -OCH3 is 1. The average Bonchev–Trinajstić information content (AvgIpc) is 2.76. The van der Waals surface area contributed by atoms with Crippen LogP contribution < -0.4 is 5.32 Å². The van der Waals surface area contributed by atoms with E-state index in [0.29, 0.717) is 11.7 Å². The largest absolute Gasteiger partial charge is 0.464 e. The Labute approximate surface area is 113 Å². The predicted molar refractivity (Wildman–Crippen MR) is 72.1 cm³/mol. The monoisotopic (exact) mass is 273 g/mol. The molecule has 0 amide bonds. The minimum Gasteiger partial charge on any atom is -0.464 e. The van der Waals surface area contributed by atoms with Gasteiger partial charge in [-0.3, -0.25) is 4.90 Å². The number of aromatic amines is 1. The van der Waals surface area contributed by atoms with E-state index in [-0.39, 0.29) is 18.4 Å². The zero-order valence-electron chi connectivity index (χ0n) is 10.7. The summed E-state index contributed by atoms with van der Waals surface area (Å²) in [4.78, 5) is 16.6. The molecule has 0 radical (unpaired) electrons. The molecule has 102 valence electrons. The fourth-order valence-electron chi connectivity index (χ4n) is 2.17. The second-order valence-corrected chi connectivity index (χ2v) is 4.50. The number of aromatic nitrogens is 1. The summed E-state index contributed by atoms with van der Waals surface area (Å²) >= 11 is 0. The molecule has 1 atom stereocenters. The van der Waals surface area contributed by atoms with Crippen LogP contribution in [-0.4, -0.2) is 48.6 Å². The summed E-state index contributed by atoms with van der Waals surface area (Å²) in [6.07, 6.45) is 1.87. The molecule has 1 unspecified atom stereocenters. The molecular formula is C12H20ClN3O2. The van der Waals surface area contributed by atoms with Crippen molar-refractivity contribution >= 4 is 18.4 Å². The Hall–Kier alpha value is -1.04. The van der Waals surface area contributed by atoms with Crippen LogP contribution in [0, 0.1) is 0 Å². The van der Waals surface area contributed by atoms with Crippen molar-refractivity contribution in [1.29, 1.82) is 0 Å². The third kappa shape index (κ3) is 3.73. The van der Waals surface area contributed by atoms with Crippen molar-refractivity contribution in [2.75, 3.05) is 26.7 Å². The first-order valence-electron chi connectivity index (χ1n) is 5.90. The number of nitrogens with zero attached hydrogens (tertiary/aromatic N) is 1. The summed E-state index contributed by atoms with van der Waals surface area (Å²) in [6, 6.07) is 2.39. The topological polar surface area (TPSA) is 57.4 Å². The molecule has 0 aromatic carbocycles. The van der Waals surface area contributed by atoms with Gasteiger partial charge in [-0.2, -0.15) is 0 Å². The Morgan fingerprint density at radius 3 is 3.06 bits per heavy atom. The van der Waals surface area contributed by atoms with E-state index in [1.165, 1.54) is 7.11 Å². The number of hydrogen-bond donors (Lipinski definition) is 2. The average molecular weight is 274 g/mol. The highest BCUT2D eigenvalue weighted by atomic mass is 35.5.